The highest BCUT2D eigenvalue weighted by molar-refractivity contribution is 5.95. The Morgan fingerprint density at radius 1 is 1.05 bits per heavy atom. The zero-order valence-electron chi connectivity index (χ0n) is 21.5. The molecule has 1 aromatic heterocycles. The third kappa shape index (κ3) is 4.86. The highest BCUT2D eigenvalue weighted by Crippen LogP contribution is 2.33. The summed E-state index contributed by atoms with van der Waals surface area (Å²) in [6.07, 6.45) is 12.1. The van der Waals surface area contributed by atoms with Crippen molar-refractivity contribution in [3.63, 3.8) is 0 Å². The SMILES string of the molecule is CN(C(=O)c1ccc(C2=CNC3C=CC(c4cn[nH]c4)=CN23)cc1F)C(Cc1ccccc1)c1ccccc1. The number of hydrogen-bond acceptors (Lipinski definition) is 4. The predicted molar refractivity (Wildman–Crippen MR) is 150 cm³/mol. The minimum Gasteiger partial charge on any atom is -0.366 e. The van der Waals surface area contributed by atoms with Crippen molar-refractivity contribution in [1.82, 2.24) is 25.3 Å². The molecule has 0 fully saturated rings. The van der Waals surface area contributed by atoms with Gasteiger partial charge >= 0.3 is 0 Å². The van der Waals surface area contributed by atoms with Gasteiger partial charge in [0.2, 0.25) is 0 Å². The smallest absolute Gasteiger partial charge is 0.257 e. The molecule has 0 bridgehead atoms. The standard InChI is InChI=1S/C32H28FN5O/c1-37(29(23-10-6-3-7-11-23)16-22-8-4-2-5-9-22)32(39)27-14-12-24(17-28(27)33)30-20-34-31-15-13-25(21-38(30)31)26-18-35-36-19-26/h2-15,17-21,29,31,34H,16H2,1H3,(H,35,36). The maximum absolute atomic E-state index is 15.6. The van der Waals surface area contributed by atoms with Crippen LogP contribution in [0.15, 0.2) is 116 Å². The molecule has 6 rings (SSSR count). The molecule has 194 valence electrons. The zero-order valence-corrected chi connectivity index (χ0v) is 21.5. The summed E-state index contributed by atoms with van der Waals surface area (Å²) in [7, 11) is 1.74. The summed E-state index contributed by atoms with van der Waals surface area (Å²) in [6.45, 7) is 0. The van der Waals surface area contributed by atoms with Crippen molar-refractivity contribution in [2.24, 2.45) is 0 Å². The number of aromatic amines is 1. The molecule has 0 spiro atoms. The maximum atomic E-state index is 15.6. The van der Waals surface area contributed by atoms with Crippen molar-refractivity contribution in [2.75, 3.05) is 7.05 Å². The lowest BCUT2D eigenvalue weighted by atomic mass is 9.96. The van der Waals surface area contributed by atoms with Gasteiger partial charge in [-0.3, -0.25) is 9.89 Å². The first-order valence-corrected chi connectivity index (χ1v) is 12.9. The van der Waals surface area contributed by atoms with E-state index in [0.29, 0.717) is 12.0 Å². The Morgan fingerprint density at radius 2 is 1.82 bits per heavy atom. The maximum Gasteiger partial charge on any atom is 0.257 e. The van der Waals surface area contributed by atoms with E-state index in [0.717, 1.165) is 28.0 Å². The van der Waals surface area contributed by atoms with Crippen LogP contribution in [0.1, 0.15) is 38.7 Å². The van der Waals surface area contributed by atoms with Crippen molar-refractivity contribution in [3.05, 3.63) is 149 Å². The molecular formula is C32H28FN5O. The van der Waals surface area contributed by atoms with E-state index in [4.69, 9.17) is 0 Å². The summed E-state index contributed by atoms with van der Waals surface area (Å²) >= 11 is 0. The van der Waals surface area contributed by atoms with Crippen LogP contribution in [-0.4, -0.2) is 39.1 Å². The summed E-state index contributed by atoms with van der Waals surface area (Å²) in [6, 6.07) is 24.5. The Kier molecular flexibility index (Phi) is 6.55. The molecule has 2 N–H and O–H groups in total. The molecule has 2 aliphatic rings. The van der Waals surface area contributed by atoms with Gasteiger partial charge in [-0.15, -0.1) is 0 Å². The topological polar surface area (TPSA) is 64.3 Å². The first kappa shape index (κ1) is 24.4. The van der Waals surface area contributed by atoms with E-state index < -0.39 is 5.82 Å². The molecule has 2 atom stereocenters. The van der Waals surface area contributed by atoms with Crippen LogP contribution in [0.4, 0.5) is 4.39 Å². The van der Waals surface area contributed by atoms with Crippen molar-refractivity contribution < 1.29 is 9.18 Å². The quantitative estimate of drug-likeness (QED) is 0.328. The number of carbonyl (C=O) groups is 1. The molecule has 3 heterocycles. The van der Waals surface area contributed by atoms with Crippen molar-refractivity contribution in [2.45, 2.75) is 18.6 Å². The number of rotatable bonds is 7. The van der Waals surface area contributed by atoms with E-state index in [9.17, 15) is 4.79 Å². The fourth-order valence-corrected chi connectivity index (χ4v) is 5.14. The van der Waals surface area contributed by atoms with E-state index in [1.165, 1.54) is 6.07 Å². The molecule has 2 aliphatic heterocycles. The summed E-state index contributed by atoms with van der Waals surface area (Å²) < 4.78 is 15.6. The number of H-pyrrole nitrogens is 1. The number of fused-ring (bicyclic) bond motifs is 1. The Labute approximate surface area is 226 Å². The van der Waals surface area contributed by atoms with Crippen molar-refractivity contribution in [3.8, 4) is 0 Å². The normalized spacial score (nSPS) is 16.7. The highest BCUT2D eigenvalue weighted by Gasteiger charge is 2.29. The van der Waals surface area contributed by atoms with Crippen LogP contribution >= 0.6 is 0 Å². The van der Waals surface area contributed by atoms with Crippen LogP contribution in [0.5, 0.6) is 0 Å². The Balaban J connectivity index is 1.26. The molecule has 0 aliphatic carbocycles. The number of aromatic nitrogens is 2. The molecular weight excluding hydrogens is 489 g/mol. The number of allylic oxidation sites excluding steroid dienone is 2. The largest absolute Gasteiger partial charge is 0.366 e. The average molecular weight is 518 g/mol. The number of nitrogens with one attached hydrogen (secondary N) is 2. The molecule has 1 amide bonds. The van der Waals surface area contributed by atoms with Gasteiger partial charge in [0.1, 0.15) is 12.0 Å². The summed E-state index contributed by atoms with van der Waals surface area (Å²) in [5.74, 6) is -0.907. The van der Waals surface area contributed by atoms with Crippen molar-refractivity contribution >= 4 is 17.2 Å². The zero-order chi connectivity index (χ0) is 26.8. The number of likely N-dealkylation sites (N-methyl/N-ethyl adjacent to an activating group) is 1. The Hall–Kier alpha value is -4.91. The van der Waals surface area contributed by atoms with Gasteiger partial charge in [-0.25, -0.2) is 4.39 Å². The van der Waals surface area contributed by atoms with Crippen LogP contribution in [-0.2, 0) is 6.42 Å². The third-order valence-corrected chi connectivity index (χ3v) is 7.28. The van der Waals surface area contributed by atoms with E-state index in [1.807, 2.05) is 91.4 Å². The lowest BCUT2D eigenvalue weighted by molar-refractivity contribution is 0.0724. The molecule has 0 radical (unpaired) electrons. The third-order valence-electron chi connectivity index (χ3n) is 7.28. The molecule has 7 heteroatoms. The molecule has 2 unspecified atom stereocenters. The van der Waals surface area contributed by atoms with Gasteiger partial charge in [-0.05, 0) is 35.8 Å². The van der Waals surface area contributed by atoms with Gasteiger partial charge in [0.05, 0.1) is 23.5 Å². The molecule has 4 aromatic rings. The fourth-order valence-electron chi connectivity index (χ4n) is 5.14. The second kappa shape index (κ2) is 10.5. The van der Waals surface area contributed by atoms with E-state index in [1.54, 1.807) is 30.3 Å². The van der Waals surface area contributed by atoms with Gasteiger partial charge in [0.25, 0.3) is 5.91 Å². The number of nitrogens with zero attached hydrogens (tertiary/aromatic N) is 3. The molecule has 0 saturated heterocycles. The highest BCUT2D eigenvalue weighted by atomic mass is 19.1. The average Bonchev–Trinajstić information content (AvgIpc) is 3.66. The first-order chi connectivity index (χ1) is 19.1. The minimum absolute atomic E-state index is 0.0477. The van der Waals surface area contributed by atoms with Crippen LogP contribution in [0.3, 0.4) is 0 Å². The number of amides is 1. The minimum atomic E-state index is -0.549. The number of carbonyl (C=O) groups excluding carboxylic acids is 1. The van der Waals surface area contributed by atoms with Crippen LogP contribution in [0, 0.1) is 5.82 Å². The molecule has 3 aromatic carbocycles. The first-order valence-electron chi connectivity index (χ1n) is 12.9. The predicted octanol–water partition coefficient (Wildman–Crippen LogP) is 5.75. The second-order valence-electron chi connectivity index (χ2n) is 9.71. The lowest BCUT2D eigenvalue weighted by Gasteiger charge is -2.30. The van der Waals surface area contributed by atoms with Gasteiger partial charge in [-0.2, -0.15) is 5.10 Å². The van der Waals surface area contributed by atoms with Crippen LogP contribution in [0.25, 0.3) is 11.3 Å². The van der Waals surface area contributed by atoms with E-state index in [-0.39, 0.29) is 23.7 Å². The molecule has 0 saturated carbocycles. The van der Waals surface area contributed by atoms with Gasteiger partial charge in [0.15, 0.2) is 0 Å². The van der Waals surface area contributed by atoms with E-state index in [2.05, 4.69) is 20.4 Å². The fraction of sp³-hybridized carbons (Fsp3) is 0.125. The van der Waals surface area contributed by atoms with Crippen LogP contribution < -0.4 is 5.32 Å². The Bertz CT molecular complexity index is 1560. The van der Waals surface area contributed by atoms with Crippen LogP contribution in [0.2, 0.25) is 0 Å². The molecule has 6 nitrogen and oxygen atoms in total. The second-order valence-corrected chi connectivity index (χ2v) is 9.71. The van der Waals surface area contributed by atoms with Gasteiger partial charge in [-0.1, -0.05) is 72.8 Å². The monoisotopic (exact) mass is 517 g/mol. The number of hydrogen-bond donors (Lipinski definition) is 2. The number of halogens is 1. The Morgan fingerprint density at radius 3 is 2.54 bits per heavy atom. The summed E-state index contributed by atoms with van der Waals surface area (Å²) in [5, 5.41) is 10.2. The summed E-state index contributed by atoms with van der Waals surface area (Å²) in [4.78, 5) is 17.3. The lowest BCUT2D eigenvalue weighted by Crippen LogP contribution is -2.33. The van der Waals surface area contributed by atoms with Gasteiger partial charge in [0, 0.05) is 42.3 Å². The number of benzene rings is 3. The molecule has 39 heavy (non-hydrogen) atoms. The van der Waals surface area contributed by atoms with E-state index >= 15 is 4.39 Å². The summed E-state index contributed by atoms with van der Waals surface area (Å²) in [5.41, 5.74) is 5.62. The van der Waals surface area contributed by atoms with Crippen molar-refractivity contribution in [1.29, 1.82) is 0 Å². The van der Waals surface area contributed by atoms with Gasteiger partial charge < -0.3 is 15.1 Å².